The molecule has 1 aliphatic rings. The van der Waals surface area contributed by atoms with Crippen molar-refractivity contribution in [2.45, 2.75) is 25.0 Å². The smallest absolute Gasteiger partial charge is 0.0736 e. The van der Waals surface area contributed by atoms with Gasteiger partial charge >= 0.3 is 0 Å². The fraction of sp³-hybridized carbons (Fsp3) is 0.400. The topological polar surface area (TPSA) is 46.2 Å². The van der Waals surface area contributed by atoms with E-state index in [9.17, 15) is 5.11 Å². The minimum atomic E-state index is -0.489. The number of fused-ring (bicyclic) bond motifs is 1. The van der Waals surface area contributed by atoms with E-state index in [1.165, 1.54) is 0 Å². The Morgan fingerprint density at radius 2 is 2.07 bits per heavy atom. The third-order valence-corrected chi connectivity index (χ3v) is 3.21. The maximum absolute atomic E-state index is 9.60. The molecular formula is C10H11Cl2NO. The lowest BCUT2D eigenvalue weighted by atomic mass is 9.86. The lowest BCUT2D eigenvalue weighted by Crippen LogP contribution is -2.31. The average molecular weight is 232 g/mol. The minimum Gasteiger partial charge on any atom is -0.391 e. The molecule has 0 bridgehead atoms. The second-order valence-corrected chi connectivity index (χ2v) is 4.43. The Hall–Kier alpha value is -0.280. The van der Waals surface area contributed by atoms with E-state index >= 15 is 0 Å². The largest absolute Gasteiger partial charge is 0.391 e. The van der Waals surface area contributed by atoms with Crippen molar-refractivity contribution in [2.75, 3.05) is 0 Å². The first-order valence-corrected chi connectivity index (χ1v) is 5.26. The Bertz CT molecular complexity index is 367. The highest BCUT2D eigenvalue weighted by atomic mass is 35.5. The molecule has 0 unspecified atom stereocenters. The molecular weight excluding hydrogens is 221 g/mol. The van der Waals surface area contributed by atoms with Crippen LogP contribution in [0.1, 0.15) is 23.6 Å². The second kappa shape index (κ2) is 3.70. The molecule has 3 N–H and O–H groups in total. The van der Waals surface area contributed by atoms with Crippen LogP contribution in [0.2, 0.25) is 10.0 Å². The molecule has 2 rings (SSSR count). The van der Waals surface area contributed by atoms with Gasteiger partial charge in [0.2, 0.25) is 0 Å². The molecule has 0 amide bonds. The van der Waals surface area contributed by atoms with Crippen molar-refractivity contribution in [1.82, 2.24) is 0 Å². The highest BCUT2D eigenvalue weighted by Crippen LogP contribution is 2.35. The van der Waals surface area contributed by atoms with Gasteiger partial charge in [-0.15, -0.1) is 0 Å². The lowest BCUT2D eigenvalue weighted by molar-refractivity contribution is 0.128. The number of aliphatic hydroxyl groups is 1. The van der Waals surface area contributed by atoms with Crippen molar-refractivity contribution in [2.24, 2.45) is 5.73 Å². The van der Waals surface area contributed by atoms with Crippen molar-refractivity contribution in [3.63, 3.8) is 0 Å². The molecule has 1 aromatic rings. The van der Waals surface area contributed by atoms with Gasteiger partial charge in [0.25, 0.3) is 0 Å². The van der Waals surface area contributed by atoms with Crippen molar-refractivity contribution in [3.8, 4) is 0 Å². The summed E-state index contributed by atoms with van der Waals surface area (Å²) < 4.78 is 0. The Balaban J connectivity index is 2.54. The van der Waals surface area contributed by atoms with Crippen molar-refractivity contribution < 1.29 is 5.11 Å². The van der Waals surface area contributed by atoms with Gasteiger partial charge in [-0.3, -0.25) is 0 Å². The van der Waals surface area contributed by atoms with E-state index < -0.39 is 6.10 Å². The molecule has 0 spiro atoms. The van der Waals surface area contributed by atoms with Crippen LogP contribution in [0.25, 0.3) is 0 Å². The molecule has 4 heteroatoms. The van der Waals surface area contributed by atoms with Crippen LogP contribution in [-0.4, -0.2) is 11.2 Å². The van der Waals surface area contributed by atoms with Crippen LogP contribution in [0.3, 0.4) is 0 Å². The summed E-state index contributed by atoms with van der Waals surface area (Å²) >= 11 is 11.9. The van der Waals surface area contributed by atoms with Gasteiger partial charge in [0, 0.05) is 10.0 Å². The van der Waals surface area contributed by atoms with E-state index in [0.717, 1.165) is 17.5 Å². The van der Waals surface area contributed by atoms with Gasteiger partial charge in [0.15, 0.2) is 0 Å². The molecule has 1 aromatic carbocycles. The van der Waals surface area contributed by atoms with Gasteiger partial charge in [-0.2, -0.15) is 0 Å². The number of hydrogen-bond donors (Lipinski definition) is 2. The third kappa shape index (κ3) is 1.63. The van der Waals surface area contributed by atoms with E-state index in [4.69, 9.17) is 28.9 Å². The molecule has 0 radical (unpaired) electrons. The minimum absolute atomic E-state index is 0.366. The maximum atomic E-state index is 9.60. The van der Waals surface area contributed by atoms with E-state index in [0.29, 0.717) is 16.5 Å². The summed E-state index contributed by atoms with van der Waals surface area (Å²) in [6.45, 7) is 0. The van der Waals surface area contributed by atoms with Gasteiger partial charge < -0.3 is 10.8 Å². The summed E-state index contributed by atoms with van der Waals surface area (Å²) in [6, 6.07) is 3.14. The second-order valence-electron chi connectivity index (χ2n) is 3.59. The van der Waals surface area contributed by atoms with Crippen LogP contribution in [0.4, 0.5) is 0 Å². The van der Waals surface area contributed by atoms with Crippen molar-refractivity contribution in [3.05, 3.63) is 33.3 Å². The molecule has 2 nitrogen and oxygen atoms in total. The molecule has 0 heterocycles. The first-order chi connectivity index (χ1) is 6.59. The Morgan fingerprint density at radius 1 is 1.36 bits per heavy atom. The van der Waals surface area contributed by atoms with Crippen LogP contribution in [-0.2, 0) is 6.42 Å². The zero-order valence-corrected chi connectivity index (χ0v) is 9.02. The zero-order valence-electron chi connectivity index (χ0n) is 7.50. The number of halogens is 2. The van der Waals surface area contributed by atoms with E-state index in [2.05, 4.69) is 0 Å². The molecule has 0 aromatic heterocycles. The summed E-state index contributed by atoms with van der Waals surface area (Å²) in [5.74, 6) is 0. The first-order valence-electron chi connectivity index (χ1n) is 4.51. The molecule has 0 saturated carbocycles. The Morgan fingerprint density at radius 3 is 2.79 bits per heavy atom. The average Bonchev–Trinajstić information content (AvgIpc) is 2.12. The van der Waals surface area contributed by atoms with E-state index in [1.807, 2.05) is 0 Å². The van der Waals surface area contributed by atoms with E-state index in [-0.39, 0.29) is 6.04 Å². The van der Waals surface area contributed by atoms with Crippen LogP contribution in [0, 0.1) is 0 Å². The van der Waals surface area contributed by atoms with Gasteiger partial charge in [-0.05, 0) is 36.1 Å². The molecule has 2 atom stereocenters. The number of benzene rings is 1. The highest BCUT2D eigenvalue weighted by molar-refractivity contribution is 6.35. The van der Waals surface area contributed by atoms with Gasteiger partial charge in [0.05, 0.1) is 12.1 Å². The van der Waals surface area contributed by atoms with Crippen LogP contribution >= 0.6 is 23.2 Å². The SMILES string of the molecule is N[C@@H]1c2cc(Cl)cc(Cl)c2CC[C@@H]1O. The summed E-state index contributed by atoms with van der Waals surface area (Å²) in [5, 5.41) is 10.8. The normalized spacial score (nSPS) is 26.0. The number of nitrogens with two attached hydrogens (primary N) is 1. The maximum Gasteiger partial charge on any atom is 0.0736 e. The first kappa shape index (κ1) is 10.2. The predicted molar refractivity (Wildman–Crippen MR) is 57.7 cm³/mol. The molecule has 1 aliphatic carbocycles. The standard InChI is InChI=1S/C10H11Cl2NO/c11-5-3-7-6(8(12)4-5)1-2-9(14)10(7)13/h3-4,9-10,14H,1-2,13H2/t9-,10+/m0/s1. The van der Waals surface area contributed by atoms with E-state index in [1.54, 1.807) is 12.1 Å². The van der Waals surface area contributed by atoms with Gasteiger partial charge in [-0.1, -0.05) is 23.2 Å². The number of aliphatic hydroxyl groups excluding tert-OH is 1. The Labute approximate surface area is 92.6 Å². The van der Waals surface area contributed by atoms with Crippen molar-refractivity contribution in [1.29, 1.82) is 0 Å². The van der Waals surface area contributed by atoms with Crippen LogP contribution in [0.15, 0.2) is 12.1 Å². The molecule has 0 aliphatic heterocycles. The third-order valence-electron chi connectivity index (χ3n) is 2.66. The molecule has 76 valence electrons. The quantitative estimate of drug-likeness (QED) is 0.720. The Kier molecular flexibility index (Phi) is 2.71. The van der Waals surface area contributed by atoms with Gasteiger partial charge in [-0.25, -0.2) is 0 Å². The fourth-order valence-electron chi connectivity index (χ4n) is 1.86. The van der Waals surface area contributed by atoms with Gasteiger partial charge in [0.1, 0.15) is 0 Å². The zero-order chi connectivity index (χ0) is 10.3. The van der Waals surface area contributed by atoms with Crippen molar-refractivity contribution >= 4 is 23.2 Å². The summed E-state index contributed by atoms with van der Waals surface area (Å²) in [7, 11) is 0. The molecule has 0 fully saturated rings. The van der Waals surface area contributed by atoms with Crippen LogP contribution in [0.5, 0.6) is 0 Å². The lowest BCUT2D eigenvalue weighted by Gasteiger charge is -2.28. The van der Waals surface area contributed by atoms with Crippen LogP contribution < -0.4 is 5.73 Å². The molecule has 14 heavy (non-hydrogen) atoms. The highest BCUT2D eigenvalue weighted by Gasteiger charge is 2.26. The number of rotatable bonds is 0. The summed E-state index contributed by atoms with van der Waals surface area (Å²) in [4.78, 5) is 0. The fourth-order valence-corrected chi connectivity index (χ4v) is 2.47. The monoisotopic (exact) mass is 231 g/mol. The summed E-state index contributed by atoms with van der Waals surface area (Å²) in [6.07, 6.45) is 0.937. The predicted octanol–water partition coefficient (Wildman–Crippen LogP) is 2.30. The summed E-state index contributed by atoms with van der Waals surface area (Å²) in [5.41, 5.74) is 7.76. The number of hydrogen-bond acceptors (Lipinski definition) is 2. The molecule has 0 saturated heterocycles.